The lowest BCUT2D eigenvalue weighted by Crippen LogP contribution is -2.62. The predicted octanol–water partition coefficient (Wildman–Crippen LogP) is 11.9. The molecule has 0 atom stereocenters. The molecule has 0 saturated heterocycles. The van der Waals surface area contributed by atoms with Gasteiger partial charge in [0.15, 0.2) is 0 Å². The topological polar surface area (TPSA) is 6.48 Å². The van der Waals surface area contributed by atoms with Gasteiger partial charge >= 0.3 is 0 Å². The molecular formula is C56H45BN2. The van der Waals surface area contributed by atoms with Crippen molar-refractivity contribution in [1.29, 1.82) is 0 Å². The van der Waals surface area contributed by atoms with Gasteiger partial charge in [-0.15, -0.1) is 0 Å². The highest BCUT2D eigenvalue weighted by Gasteiger charge is 2.63. The van der Waals surface area contributed by atoms with Crippen LogP contribution in [0.1, 0.15) is 73.6 Å². The third-order valence-corrected chi connectivity index (χ3v) is 17.6. The van der Waals surface area contributed by atoms with E-state index < -0.39 is 0 Å². The molecule has 6 aliphatic carbocycles. The quantitative estimate of drug-likeness (QED) is 0.162. The molecule has 0 N–H and O–H groups in total. The van der Waals surface area contributed by atoms with Gasteiger partial charge in [-0.05, 0) is 173 Å². The van der Waals surface area contributed by atoms with Crippen LogP contribution in [0.3, 0.4) is 0 Å². The summed E-state index contributed by atoms with van der Waals surface area (Å²) in [5.74, 6) is 2.87. The molecule has 0 aromatic heterocycles. The molecule has 282 valence electrons. The molecule has 15 rings (SSSR count). The Kier molecular flexibility index (Phi) is 6.02. The molecule has 4 saturated carbocycles. The SMILES string of the molecule is c1ccc(N2c3cccc4c3B(c3ccc5c(c3N4c3ccccc3)-c3ccccc3C53C4CCC3CC4)c3c2ccc2c3-c3ccccc3C23C2CCC3CC2)cc1. The molecule has 0 radical (unpaired) electrons. The molecule has 7 aromatic rings. The van der Waals surface area contributed by atoms with E-state index in [1.807, 2.05) is 0 Å². The monoisotopic (exact) mass is 756 g/mol. The second-order valence-corrected chi connectivity index (χ2v) is 19.3. The smallest absolute Gasteiger partial charge is 0.252 e. The van der Waals surface area contributed by atoms with E-state index in [4.69, 9.17) is 0 Å². The Labute approximate surface area is 347 Å². The summed E-state index contributed by atoms with van der Waals surface area (Å²) in [5.41, 5.74) is 24.9. The molecule has 59 heavy (non-hydrogen) atoms. The largest absolute Gasteiger partial charge is 0.311 e. The van der Waals surface area contributed by atoms with E-state index in [0.717, 1.165) is 11.8 Å². The van der Waals surface area contributed by atoms with E-state index in [1.54, 1.807) is 22.3 Å². The molecule has 8 aliphatic rings. The van der Waals surface area contributed by atoms with Crippen LogP contribution in [0.2, 0.25) is 0 Å². The molecule has 3 heteroatoms. The summed E-state index contributed by atoms with van der Waals surface area (Å²) in [6.45, 7) is 0.0812. The first-order valence-electron chi connectivity index (χ1n) is 22.7. The average molecular weight is 757 g/mol. The maximum Gasteiger partial charge on any atom is 0.252 e. The Morgan fingerprint density at radius 1 is 0.373 bits per heavy atom. The first-order chi connectivity index (χ1) is 29.3. The van der Waals surface area contributed by atoms with Crippen molar-refractivity contribution in [2.24, 2.45) is 23.7 Å². The summed E-state index contributed by atoms with van der Waals surface area (Å²) in [7, 11) is 0. The van der Waals surface area contributed by atoms with Crippen LogP contribution in [0.4, 0.5) is 34.1 Å². The highest BCUT2D eigenvalue weighted by atomic mass is 15.2. The number of nitrogens with zero attached hydrogens (tertiary/aromatic N) is 2. The zero-order chi connectivity index (χ0) is 38.2. The molecule has 0 unspecified atom stereocenters. The second-order valence-electron chi connectivity index (χ2n) is 19.3. The number of benzene rings is 7. The van der Waals surface area contributed by atoms with Crippen molar-refractivity contribution in [2.45, 2.75) is 62.2 Å². The van der Waals surface area contributed by atoms with Crippen molar-refractivity contribution in [3.8, 4) is 22.3 Å². The molecule has 4 bridgehead atoms. The molecule has 2 nitrogen and oxygen atoms in total. The molecular weight excluding hydrogens is 711 g/mol. The summed E-state index contributed by atoms with van der Waals surface area (Å²) < 4.78 is 0. The number of hydrogen-bond acceptors (Lipinski definition) is 2. The van der Waals surface area contributed by atoms with Crippen molar-refractivity contribution in [1.82, 2.24) is 0 Å². The van der Waals surface area contributed by atoms with E-state index in [2.05, 4.69) is 161 Å². The minimum atomic E-state index is 0.0812. The van der Waals surface area contributed by atoms with E-state index in [-0.39, 0.29) is 17.5 Å². The highest BCUT2D eigenvalue weighted by molar-refractivity contribution is 7.01. The Morgan fingerprint density at radius 2 is 0.831 bits per heavy atom. The van der Waals surface area contributed by atoms with Crippen molar-refractivity contribution < 1.29 is 0 Å². The van der Waals surface area contributed by atoms with Gasteiger partial charge in [-0.25, -0.2) is 0 Å². The maximum absolute atomic E-state index is 2.69. The zero-order valence-electron chi connectivity index (χ0n) is 33.4. The van der Waals surface area contributed by atoms with Gasteiger partial charge in [0, 0.05) is 50.5 Å². The second kappa shape index (κ2) is 11.1. The highest BCUT2D eigenvalue weighted by Crippen LogP contribution is 2.70. The van der Waals surface area contributed by atoms with Gasteiger partial charge < -0.3 is 9.80 Å². The summed E-state index contributed by atoms with van der Waals surface area (Å²) in [6.07, 6.45) is 10.8. The molecule has 2 heterocycles. The molecule has 7 aromatic carbocycles. The fraction of sp³-hybridized carbons (Fsp3) is 0.250. The number of rotatable bonds is 2. The Hall–Kier alpha value is -5.80. The van der Waals surface area contributed by atoms with Gasteiger partial charge in [-0.2, -0.15) is 0 Å². The fourth-order valence-corrected chi connectivity index (χ4v) is 15.9. The molecule has 2 aliphatic heterocycles. The predicted molar refractivity (Wildman–Crippen MR) is 244 cm³/mol. The van der Waals surface area contributed by atoms with Gasteiger partial charge in [0.05, 0.1) is 0 Å². The first-order valence-corrected chi connectivity index (χ1v) is 22.7. The maximum atomic E-state index is 2.69. The third kappa shape index (κ3) is 3.56. The lowest BCUT2D eigenvalue weighted by Gasteiger charge is -2.46. The van der Waals surface area contributed by atoms with Gasteiger partial charge in [-0.1, -0.05) is 109 Å². The van der Waals surface area contributed by atoms with Crippen LogP contribution in [0.5, 0.6) is 0 Å². The van der Waals surface area contributed by atoms with Crippen LogP contribution >= 0.6 is 0 Å². The van der Waals surface area contributed by atoms with E-state index in [1.165, 1.54) is 124 Å². The van der Waals surface area contributed by atoms with Crippen LogP contribution in [0, 0.1) is 23.7 Å². The van der Waals surface area contributed by atoms with Gasteiger partial charge in [0.1, 0.15) is 0 Å². The Balaban J connectivity index is 1.10. The number of anilines is 6. The van der Waals surface area contributed by atoms with Crippen LogP contribution in [-0.4, -0.2) is 6.71 Å². The first kappa shape index (κ1) is 32.1. The van der Waals surface area contributed by atoms with E-state index in [9.17, 15) is 0 Å². The standard InChI is InChI=1S/C56H45BN2/c1-3-12-38(13-4-1)58-47-20-11-21-48-52(47)57(53-49(58)33-31-44-50(53)40-16-7-9-18-42(40)55(44)34-22-23-35(55)25-24-34)46-32-30-45-51(54(46)59(48)39-14-5-2-6-15-39)41-17-8-10-19-43(41)56(45)36-26-27-37(56)29-28-36/h1-21,30-37H,22-29H2. The van der Waals surface area contributed by atoms with Gasteiger partial charge in [0.25, 0.3) is 6.71 Å². The summed E-state index contributed by atoms with van der Waals surface area (Å²) >= 11 is 0. The number of fused-ring (bicyclic) bond motifs is 12. The van der Waals surface area contributed by atoms with Gasteiger partial charge in [-0.3, -0.25) is 0 Å². The fourth-order valence-electron chi connectivity index (χ4n) is 15.9. The molecule has 4 fully saturated rings. The Morgan fingerprint density at radius 3 is 1.42 bits per heavy atom. The molecule has 2 spiro atoms. The van der Waals surface area contributed by atoms with Crippen molar-refractivity contribution in [3.63, 3.8) is 0 Å². The lowest BCUT2D eigenvalue weighted by atomic mass is 9.32. The zero-order valence-corrected chi connectivity index (χ0v) is 33.4. The summed E-state index contributed by atoms with van der Waals surface area (Å²) in [6, 6.07) is 59.5. The van der Waals surface area contributed by atoms with Gasteiger partial charge in [0.2, 0.25) is 0 Å². The van der Waals surface area contributed by atoms with Crippen molar-refractivity contribution in [2.75, 3.05) is 9.80 Å². The van der Waals surface area contributed by atoms with Crippen LogP contribution < -0.4 is 26.2 Å². The van der Waals surface area contributed by atoms with Crippen molar-refractivity contribution >= 4 is 57.2 Å². The number of para-hydroxylation sites is 2. The van der Waals surface area contributed by atoms with E-state index in [0.29, 0.717) is 11.8 Å². The lowest BCUT2D eigenvalue weighted by molar-refractivity contribution is 0.400. The van der Waals surface area contributed by atoms with Crippen LogP contribution in [0.25, 0.3) is 22.3 Å². The number of hydrogen-bond donors (Lipinski definition) is 0. The van der Waals surface area contributed by atoms with Crippen molar-refractivity contribution in [3.05, 3.63) is 174 Å². The van der Waals surface area contributed by atoms with Crippen LogP contribution in [0.15, 0.2) is 152 Å². The average Bonchev–Trinajstić information content (AvgIpc) is 4.16. The summed E-state index contributed by atoms with van der Waals surface area (Å²) in [5, 5.41) is 0. The Bertz CT molecular complexity index is 2930. The molecule has 0 amide bonds. The van der Waals surface area contributed by atoms with Crippen LogP contribution in [-0.2, 0) is 10.8 Å². The summed E-state index contributed by atoms with van der Waals surface area (Å²) in [4.78, 5) is 5.31. The minimum Gasteiger partial charge on any atom is -0.311 e. The van der Waals surface area contributed by atoms with E-state index >= 15 is 0 Å². The normalized spacial score (nSPS) is 27.5. The third-order valence-electron chi connectivity index (χ3n) is 17.6. The minimum absolute atomic E-state index is 0.0812.